The van der Waals surface area contributed by atoms with Crippen LogP contribution < -0.4 is 4.74 Å². The Morgan fingerprint density at radius 2 is 1.89 bits per heavy atom. The average molecular weight is 236 g/mol. The second-order valence-corrected chi connectivity index (χ2v) is 3.88. The molecule has 0 radical (unpaired) electrons. The van der Waals surface area contributed by atoms with Crippen molar-refractivity contribution in [2.24, 2.45) is 0 Å². The summed E-state index contributed by atoms with van der Waals surface area (Å²) in [6, 6.07) is 14.1. The van der Waals surface area contributed by atoms with E-state index in [1.54, 1.807) is 42.5 Å². The van der Waals surface area contributed by atoms with Crippen LogP contribution in [0.25, 0.3) is 0 Å². The number of hydrogen-bond acceptors (Lipinski definition) is 2. The molecule has 0 saturated heterocycles. The highest BCUT2D eigenvalue weighted by Crippen LogP contribution is 2.17. The van der Waals surface area contributed by atoms with Crippen molar-refractivity contribution in [2.45, 2.75) is 6.92 Å². The zero-order valence-electron chi connectivity index (χ0n) is 10.0. The third-order valence-electron chi connectivity index (χ3n) is 2.57. The van der Waals surface area contributed by atoms with Crippen LogP contribution in [0.15, 0.2) is 48.5 Å². The van der Waals surface area contributed by atoms with Gasteiger partial charge in [-0.05, 0) is 42.8 Å². The fraction of sp³-hybridized carbons (Fsp3) is 0.0625. The van der Waals surface area contributed by atoms with Crippen LogP contribution in [-0.2, 0) is 0 Å². The van der Waals surface area contributed by atoms with Crippen LogP contribution >= 0.6 is 0 Å². The number of carbonyl (C=O) groups excluding carboxylic acids is 1. The first-order valence-corrected chi connectivity index (χ1v) is 5.55. The van der Waals surface area contributed by atoms with E-state index >= 15 is 0 Å². The molecule has 0 aliphatic rings. The van der Waals surface area contributed by atoms with Crippen LogP contribution in [0.1, 0.15) is 21.5 Å². The maximum atomic E-state index is 11.8. The Labute approximate surface area is 106 Å². The van der Waals surface area contributed by atoms with Crippen molar-refractivity contribution in [2.75, 3.05) is 0 Å². The van der Waals surface area contributed by atoms with E-state index in [0.29, 0.717) is 11.3 Å². The highest BCUT2D eigenvalue weighted by Gasteiger charge is 2.08. The summed E-state index contributed by atoms with van der Waals surface area (Å²) in [5.41, 5.74) is 2.24. The lowest BCUT2D eigenvalue weighted by atomic mass is 10.1. The summed E-state index contributed by atoms with van der Waals surface area (Å²) in [4.78, 5) is 11.8. The van der Waals surface area contributed by atoms with Gasteiger partial charge in [0.2, 0.25) is 0 Å². The molecule has 0 atom stereocenters. The number of rotatable bonds is 2. The monoisotopic (exact) mass is 236 g/mol. The Balaban J connectivity index is 2.18. The molecule has 0 aromatic heterocycles. The van der Waals surface area contributed by atoms with E-state index in [9.17, 15) is 4.79 Å². The highest BCUT2D eigenvalue weighted by molar-refractivity contribution is 5.91. The summed E-state index contributed by atoms with van der Waals surface area (Å²) in [6.45, 7) is 1.88. The molecule has 0 aliphatic heterocycles. The number of carbonyl (C=O) groups is 1. The molecule has 0 amide bonds. The molecule has 0 spiro atoms. The summed E-state index contributed by atoms with van der Waals surface area (Å²) >= 11 is 0. The maximum absolute atomic E-state index is 11.8. The summed E-state index contributed by atoms with van der Waals surface area (Å²) in [7, 11) is 0. The highest BCUT2D eigenvalue weighted by atomic mass is 16.5. The Kier molecular flexibility index (Phi) is 3.45. The fourth-order valence-corrected chi connectivity index (χ4v) is 1.60. The van der Waals surface area contributed by atoms with Crippen LogP contribution in [0.2, 0.25) is 0 Å². The lowest BCUT2D eigenvalue weighted by Crippen LogP contribution is -2.08. The summed E-state index contributed by atoms with van der Waals surface area (Å²) in [5, 5.41) is 0. The van der Waals surface area contributed by atoms with E-state index in [-0.39, 0.29) is 5.97 Å². The third kappa shape index (κ3) is 2.58. The van der Waals surface area contributed by atoms with Crippen LogP contribution in [0, 0.1) is 19.3 Å². The Morgan fingerprint density at radius 3 is 2.50 bits per heavy atom. The lowest BCUT2D eigenvalue weighted by Gasteiger charge is -2.06. The van der Waals surface area contributed by atoms with Gasteiger partial charge >= 0.3 is 5.97 Å². The minimum atomic E-state index is -0.372. The van der Waals surface area contributed by atoms with E-state index < -0.39 is 0 Å². The normalized spacial score (nSPS) is 9.56. The summed E-state index contributed by atoms with van der Waals surface area (Å²) < 4.78 is 5.27. The topological polar surface area (TPSA) is 26.3 Å². The average Bonchev–Trinajstić information content (AvgIpc) is 2.40. The van der Waals surface area contributed by atoms with Crippen molar-refractivity contribution >= 4 is 5.97 Å². The van der Waals surface area contributed by atoms with E-state index in [4.69, 9.17) is 11.2 Å². The van der Waals surface area contributed by atoms with Crippen molar-refractivity contribution < 1.29 is 9.53 Å². The molecule has 2 aromatic rings. The predicted octanol–water partition coefficient (Wildman–Crippen LogP) is 3.20. The molecule has 0 bridgehead atoms. The van der Waals surface area contributed by atoms with Gasteiger partial charge < -0.3 is 4.74 Å². The van der Waals surface area contributed by atoms with Crippen LogP contribution in [0.5, 0.6) is 5.75 Å². The van der Waals surface area contributed by atoms with Gasteiger partial charge in [0.15, 0.2) is 0 Å². The molecule has 0 N–H and O–H groups in total. The number of hydrogen-bond donors (Lipinski definition) is 0. The van der Waals surface area contributed by atoms with Crippen molar-refractivity contribution in [3.8, 4) is 18.1 Å². The standard InChI is InChI=1S/C16H12O2/c1-3-13-9-10-15(11-12(13)2)18-16(17)14-7-5-4-6-8-14/h1,4-11H,2H3. The molecular weight excluding hydrogens is 224 g/mol. The van der Waals surface area contributed by atoms with Crippen molar-refractivity contribution in [3.63, 3.8) is 0 Å². The third-order valence-corrected chi connectivity index (χ3v) is 2.57. The van der Waals surface area contributed by atoms with Crippen molar-refractivity contribution in [3.05, 3.63) is 65.2 Å². The summed E-state index contributed by atoms with van der Waals surface area (Å²) in [5.74, 6) is 2.70. The van der Waals surface area contributed by atoms with Gasteiger partial charge in [0, 0.05) is 5.56 Å². The number of esters is 1. The first-order valence-electron chi connectivity index (χ1n) is 5.55. The second-order valence-electron chi connectivity index (χ2n) is 3.88. The van der Waals surface area contributed by atoms with Gasteiger partial charge in [-0.25, -0.2) is 4.79 Å². The number of terminal acetylenes is 1. The molecule has 0 heterocycles. The van der Waals surface area contributed by atoms with Gasteiger partial charge in [0.1, 0.15) is 5.75 Å². The summed E-state index contributed by atoms with van der Waals surface area (Å²) in [6.07, 6.45) is 5.34. The largest absolute Gasteiger partial charge is 0.423 e. The van der Waals surface area contributed by atoms with E-state index in [1.807, 2.05) is 13.0 Å². The van der Waals surface area contributed by atoms with Crippen LogP contribution in [0.4, 0.5) is 0 Å². The predicted molar refractivity (Wildman–Crippen MR) is 70.5 cm³/mol. The quantitative estimate of drug-likeness (QED) is 0.454. The molecule has 2 nitrogen and oxygen atoms in total. The van der Waals surface area contributed by atoms with E-state index in [2.05, 4.69) is 5.92 Å². The van der Waals surface area contributed by atoms with Crippen molar-refractivity contribution in [1.29, 1.82) is 0 Å². The first-order chi connectivity index (χ1) is 8.70. The first kappa shape index (κ1) is 11.9. The van der Waals surface area contributed by atoms with Crippen molar-refractivity contribution in [1.82, 2.24) is 0 Å². The lowest BCUT2D eigenvalue weighted by molar-refractivity contribution is 0.0734. The molecule has 2 rings (SSSR count). The van der Waals surface area contributed by atoms with Gasteiger partial charge in [-0.3, -0.25) is 0 Å². The molecular formula is C16H12O2. The molecule has 0 aliphatic carbocycles. The number of aryl methyl sites for hydroxylation is 1. The fourth-order valence-electron chi connectivity index (χ4n) is 1.60. The van der Waals surface area contributed by atoms with Crippen LogP contribution in [-0.4, -0.2) is 5.97 Å². The zero-order chi connectivity index (χ0) is 13.0. The number of benzene rings is 2. The molecule has 0 fully saturated rings. The Morgan fingerprint density at radius 1 is 1.17 bits per heavy atom. The maximum Gasteiger partial charge on any atom is 0.343 e. The van der Waals surface area contributed by atoms with Gasteiger partial charge in [-0.15, -0.1) is 6.42 Å². The van der Waals surface area contributed by atoms with Gasteiger partial charge in [0.25, 0.3) is 0 Å². The SMILES string of the molecule is C#Cc1ccc(OC(=O)c2ccccc2)cc1C. The number of ether oxygens (including phenoxy) is 1. The molecule has 18 heavy (non-hydrogen) atoms. The minimum absolute atomic E-state index is 0.372. The van der Waals surface area contributed by atoms with Gasteiger partial charge in [0.05, 0.1) is 5.56 Å². The molecule has 2 aromatic carbocycles. The second kappa shape index (κ2) is 5.20. The zero-order valence-corrected chi connectivity index (χ0v) is 10.0. The van der Waals surface area contributed by atoms with Gasteiger partial charge in [-0.2, -0.15) is 0 Å². The molecule has 0 unspecified atom stereocenters. The minimum Gasteiger partial charge on any atom is -0.423 e. The van der Waals surface area contributed by atoms with E-state index in [1.165, 1.54) is 0 Å². The smallest absolute Gasteiger partial charge is 0.343 e. The Bertz CT molecular complexity index is 607. The molecule has 0 saturated carbocycles. The van der Waals surface area contributed by atoms with Gasteiger partial charge in [-0.1, -0.05) is 24.1 Å². The molecule has 88 valence electrons. The van der Waals surface area contributed by atoms with E-state index in [0.717, 1.165) is 11.1 Å². The Hall–Kier alpha value is -2.53. The molecule has 2 heteroatoms. The van der Waals surface area contributed by atoms with Crippen LogP contribution in [0.3, 0.4) is 0 Å².